The Labute approximate surface area is 117 Å². The number of carbonyl (C=O) groups excluding carboxylic acids is 2. The summed E-state index contributed by atoms with van der Waals surface area (Å²) >= 11 is 0. The summed E-state index contributed by atoms with van der Waals surface area (Å²) in [5.74, 6) is -1.61. The summed E-state index contributed by atoms with van der Waals surface area (Å²) in [6.45, 7) is 2.03. The molecule has 19 heavy (non-hydrogen) atoms. The van der Waals surface area contributed by atoms with Crippen molar-refractivity contribution in [3.63, 3.8) is 0 Å². The van der Waals surface area contributed by atoms with Gasteiger partial charge in [0.2, 0.25) is 0 Å². The van der Waals surface area contributed by atoms with Crippen molar-refractivity contribution in [2.75, 3.05) is 6.61 Å². The summed E-state index contributed by atoms with van der Waals surface area (Å²) in [6.07, 6.45) is 0.901. The van der Waals surface area contributed by atoms with Gasteiger partial charge in [0.05, 0.1) is 16.1 Å². The molecule has 0 N–H and O–H groups in total. The number of hydrogen-bond donors (Lipinski definition) is 0. The topological polar surface area (TPSA) is 52.6 Å². The van der Waals surface area contributed by atoms with Crippen molar-refractivity contribution >= 4 is 30.7 Å². The van der Waals surface area contributed by atoms with Gasteiger partial charge in [-0.3, -0.25) is 9.59 Å². The second kappa shape index (κ2) is 8.37. The molecule has 0 heterocycles. The first-order chi connectivity index (χ1) is 9.08. The molecule has 0 aliphatic rings. The molecule has 0 saturated heterocycles. The molecule has 0 saturated carbocycles. The van der Waals surface area contributed by atoms with Gasteiger partial charge in [0, 0.05) is 15.9 Å². The Morgan fingerprint density at radius 2 is 1.84 bits per heavy atom. The van der Waals surface area contributed by atoms with Crippen LogP contribution >= 0.6 is 18.9 Å². The molecule has 0 fully saturated rings. The standard InChI is InChI=1S/C13H18O4P2/c1-9-2-4-10(5-3-9)6-7-12(14)11(8-16-18)13(15)17-19/h2-5,11H,6-8,18-19H2,1H3. The zero-order valence-corrected chi connectivity index (χ0v) is 13.1. The molecule has 0 amide bonds. The Bertz CT molecular complexity index is 431. The van der Waals surface area contributed by atoms with Gasteiger partial charge < -0.3 is 9.05 Å². The van der Waals surface area contributed by atoms with Gasteiger partial charge in [-0.05, 0) is 18.9 Å². The molecule has 0 aliphatic heterocycles. The first-order valence-electron chi connectivity index (χ1n) is 5.89. The lowest BCUT2D eigenvalue weighted by atomic mass is 9.98. The summed E-state index contributed by atoms with van der Waals surface area (Å²) in [5.41, 5.74) is 2.25. The minimum Gasteiger partial charge on any atom is -0.451 e. The van der Waals surface area contributed by atoms with Crippen LogP contribution in [-0.2, 0) is 25.1 Å². The third-order valence-electron chi connectivity index (χ3n) is 2.83. The molecule has 0 bridgehead atoms. The van der Waals surface area contributed by atoms with Crippen molar-refractivity contribution in [3.05, 3.63) is 35.4 Å². The number of rotatable bonds is 7. The fourth-order valence-electron chi connectivity index (χ4n) is 1.67. The summed E-state index contributed by atoms with van der Waals surface area (Å²) in [4.78, 5) is 23.4. The average Bonchev–Trinajstić information content (AvgIpc) is 2.43. The van der Waals surface area contributed by atoms with E-state index in [0.717, 1.165) is 5.56 Å². The zero-order chi connectivity index (χ0) is 14.3. The minimum absolute atomic E-state index is 0.0185. The number of aryl methyl sites for hydroxylation is 2. The monoisotopic (exact) mass is 300 g/mol. The maximum atomic E-state index is 12.0. The van der Waals surface area contributed by atoms with E-state index in [2.05, 4.69) is 4.52 Å². The maximum Gasteiger partial charge on any atom is 0.321 e. The lowest BCUT2D eigenvalue weighted by molar-refractivity contribution is -0.144. The van der Waals surface area contributed by atoms with Gasteiger partial charge in [0.1, 0.15) is 11.7 Å². The van der Waals surface area contributed by atoms with Crippen LogP contribution in [0.5, 0.6) is 0 Å². The minimum atomic E-state index is -0.861. The van der Waals surface area contributed by atoms with E-state index >= 15 is 0 Å². The van der Waals surface area contributed by atoms with Crippen LogP contribution in [0.3, 0.4) is 0 Å². The number of benzene rings is 1. The van der Waals surface area contributed by atoms with E-state index in [1.807, 2.05) is 50.1 Å². The van der Waals surface area contributed by atoms with E-state index in [1.54, 1.807) is 0 Å². The van der Waals surface area contributed by atoms with Gasteiger partial charge in [-0.1, -0.05) is 29.8 Å². The molecule has 0 aromatic heterocycles. The predicted molar refractivity (Wildman–Crippen MR) is 79.5 cm³/mol. The van der Waals surface area contributed by atoms with Crippen LogP contribution in [-0.4, -0.2) is 18.4 Å². The van der Waals surface area contributed by atoms with E-state index < -0.39 is 11.9 Å². The van der Waals surface area contributed by atoms with Crippen LogP contribution in [0.25, 0.3) is 0 Å². The maximum absolute atomic E-state index is 12.0. The van der Waals surface area contributed by atoms with Gasteiger partial charge in [-0.2, -0.15) is 0 Å². The van der Waals surface area contributed by atoms with Crippen LogP contribution in [0, 0.1) is 12.8 Å². The fourth-order valence-corrected chi connectivity index (χ4v) is 2.02. The number of hydrogen-bond acceptors (Lipinski definition) is 4. The lowest BCUT2D eigenvalue weighted by Crippen LogP contribution is -2.28. The smallest absolute Gasteiger partial charge is 0.321 e. The van der Waals surface area contributed by atoms with Crippen molar-refractivity contribution in [2.24, 2.45) is 5.92 Å². The Morgan fingerprint density at radius 3 is 2.37 bits per heavy atom. The molecule has 3 unspecified atom stereocenters. The second-order valence-electron chi connectivity index (χ2n) is 4.27. The molecule has 1 aromatic rings. The molecule has 0 radical (unpaired) electrons. The van der Waals surface area contributed by atoms with Crippen LogP contribution in [0.1, 0.15) is 17.5 Å². The molecule has 104 valence electrons. The van der Waals surface area contributed by atoms with Crippen LogP contribution < -0.4 is 0 Å². The summed E-state index contributed by atoms with van der Waals surface area (Å²) in [7, 11) is 3.89. The quantitative estimate of drug-likeness (QED) is 0.572. The van der Waals surface area contributed by atoms with E-state index in [1.165, 1.54) is 5.56 Å². The van der Waals surface area contributed by atoms with Gasteiger partial charge in [0.25, 0.3) is 0 Å². The number of carbonyl (C=O) groups is 2. The highest BCUT2D eigenvalue weighted by Crippen LogP contribution is 2.13. The molecular weight excluding hydrogens is 282 g/mol. The number of ketones is 1. The Balaban J connectivity index is 2.57. The third-order valence-corrected chi connectivity index (χ3v) is 3.26. The largest absolute Gasteiger partial charge is 0.451 e. The highest BCUT2D eigenvalue weighted by molar-refractivity contribution is 7.10. The summed E-state index contributed by atoms with van der Waals surface area (Å²) in [6, 6.07) is 7.97. The molecule has 0 aliphatic carbocycles. The SMILES string of the molecule is Cc1ccc(CCC(=O)C(COP)C(=O)OP)cc1. The fraction of sp³-hybridized carbons (Fsp3) is 0.385. The van der Waals surface area contributed by atoms with Gasteiger partial charge in [-0.15, -0.1) is 0 Å². The molecule has 3 atom stereocenters. The Hall–Kier alpha value is -0.820. The molecule has 1 rings (SSSR count). The lowest BCUT2D eigenvalue weighted by Gasteiger charge is -2.12. The highest BCUT2D eigenvalue weighted by atomic mass is 31.0. The normalized spacial score (nSPS) is 11.9. The average molecular weight is 300 g/mol. The van der Waals surface area contributed by atoms with Crippen molar-refractivity contribution in [2.45, 2.75) is 19.8 Å². The highest BCUT2D eigenvalue weighted by Gasteiger charge is 2.26. The third kappa shape index (κ3) is 5.36. The zero-order valence-electron chi connectivity index (χ0n) is 10.8. The van der Waals surface area contributed by atoms with Crippen LogP contribution in [0.15, 0.2) is 24.3 Å². The van der Waals surface area contributed by atoms with Crippen molar-refractivity contribution in [1.82, 2.24) is 0 Å². The van der Waals surface area contributed by atoms with Crippen LogP contribution in [0.4, 0.5) is 0 Å². The Morgan fingerprint density at radius 1 is 1.21 bits per heavy atom. The van der Waals surface area contributed by atoms with E-state index in [0.29, 0.717) is 12.8 Å². The first-order valence-corrected chi connectivity index (χ1v) is 6.83. The van der Waals surface area contributed by atoms with Gasteiger partial charge in [0.15, 0.2) is 0 Å². The second-order valence-corrected chi connectivity index (χ2v) is 4.84. The van der Waals surface area contributed by atoms with Crippen molar-refractivity contribution in [1.29, 1.82) is 0 Å². The molecule has 6 heteroatoms. The van der Waals surface area contributed by atoms with Crippen LogP contribution in [0.2, 0.25) is 0 Å². The Kier molecular flexibility index (Phi) is 7.15. The van der Waals surface area contributed by atoms with Crippen molar-refractivity contribution < 1.29 is 18.6 Å². The molecular formula is C13H18O4P2. The summed E-state index contributed by atoms with van der Waals surface area (Å²) in [5, 5.41) is 0. The number of Topliss-reactive ketones (excluding diaryl/α,β-unsaturated/α-hetero) is 1. The van der Waals surface area contributed by atoms with Gasteiger partial charge >= 0.3 is 5.97 Å². The predicted octanol–water partition coefficient (Wildman–Crippen LogP) is 2.25. The van der Waals surface area contributed by atoms with Crippen molar-refractivity contribution in [3.8, 4) is 0 Å². The van der Waals surface area contributed by atoms with E-state index in [4.69, 9.17) is 4.52 Å². The summed E-state index contributed by atoms with van der Waals surface area (Å²) < 4.78 is 9.32. The molecule has 1 aromatic carbocycles. The van der Waals surface area contributed by atoms with Gasteiger partial charge in [-0.25, -0.2) is 0 Å². The molecule has 4 nitrogen and oxygen atoms in total. The molecule has 0 spiro atoms. The van der Waals surface area contributed by atoms with E-state index in [9.17, 15) is 9.59 Å². The first kappa shape index (κ1) is 16.2. The van der Waals surface area contributed by atoms with E-state index in [-0.39, 0.29) is 12.4 Å².